The lowest BCUT2D eigenvalue weighted by Crippen LogP contribution is -2.33. The van der Waals surface area contributed by atoms with Crippen LogP contribution < -0.4 is 0 Å². The number of benzene rings is 2. The Hall–Kier alpha value is -2.45. The van der Waals surface area contributed by atoms with E-state index in [0.717, 1.165) is 11.9 Å². The van der Waals surface area contributed by atoms with Crippen molar-refractivity contribution in [3.8, 4) is 0 Å². The average molecular weight is 343 g/mol. The number of carbonyl (C=O) groups is 1. The second-order valence-corrected chi connectivity index (χ2v) is 12.8. The molecule has 4 rings (SSSR count). The first-order valence-electron chi connectivity index (χ1n) is 8.76. The minimum Gasteiger partial charge on any atom is -0.298 e. The molecule has 2 aromatic rings. The van der Waals surface area contributed by atoms with Crippen LogP contribution in [0.2, 0.25) is 19.6 Å². The third-order valence-electron chi connectivity index (χ3n) is 5.10. The number of hydrogen-bond donors (Lipinski definition) is 0. The summed E-state index contributed by atoms with van der Waals surface area (Å²) in [5.74, 6) is 0. The van der Waals surface area contributed by atoms with Gasteiger partial charge in [-0.05, 0) is 56.7 Å². The Bertz CT molecular complexity index is 982. The molecule has 0 atom stereocenters. The fourth-order valence-electron chi connectivity index (χ4n) is 4.12. The van der Waals surface area contributed by atoms with E-state index in [1.54, 1.807) is 0 Å². The van der Waals surface area contributed by atoms with Gasteiger partial charge in [-0.15, -0.1) is 0 Å². The monoisotopic (exact) mass is 342 g/mol. The number of fused-ring (bicyclic) bond motifs is 3. The smallest absolute Gasteiger partial charge is 0.146 e. The van der Waals surface area contributed by atoms with Crippen LogP contribution in [0, 0.1) is 0 Å². The fraction of sp³-hybridized carbons (Fsp3) is 0.174. The molecule has 0 N–H and O–H groups in total. The molecule has 0 aromatic heterocycles. The van der Waals surface area contributed by atoms with Gasteiger partial charge in [0, 0.05) is 0 Å². The summed E-state index contributed by atoms with van der Waals surface area (Å²) in [7, 11) is -1.57. The van der Waals surface area contributed by atoms with Crippen molar-refractivity contribution in [1.82, 2.24) is 0 Å². The Labute approximate surface area is 150 Å². The third-order valence-corrected chi connectivity index (χ3v) is 7.10. The van der Waals surface area contributed by atoms with Crippen LogP contribution >= 0.6 is 0 Å². The molecule has 0 saturated heterocycles. The fourth-order valence-corrected chi connectivity index (χ4v) is 6.20. The van der Waals surface area contributed by atoms with E-state index in [1.807, 2.05) is 13.0 Å². The van der Waals surface area contributed by atoms with Crippen LogP contribution in [0.1, 0.15) is 23.6 Å². The molecule has 0 bridgehead atoms. The average Bonchev–Trinajstić information content (AvgIpc) is 2.84. The van der Waals surface area contributed by atoms with Gasteiger partial charge in [0.15, 0.2) is 0 Å². The first-order valence-corrected chi connectivity index (χ1v) is 12.3. The summed E-state index contributed by atoms with van der Waals surface area (Å²) in [6.45, 7) is 9.06. The van der Waals surface area contributed by atoms with Gasteiger partial charge in [-0.3, -0.25) is 4.79 Å². The number of rotatable bonds is 3. The number of hydrogen-bond acceptors (Lipinski definition) is 1. The van der Waals surface area contributed by atoms with Gasteiger partial charge < -0.3 is 0 Å². The van der Waals surface area contributed by atoms with Gasteiger partial charge in [0.25, 0.3) is 0 Å². The van der Waals surface area contributed by atoms with Crippen LogP contribution in [0.15, 0.2) is 76.5 Å². The van der Waals surface area contributed by atoms with Crippen LogP contribution in [0.25, 0.3) is 11.1 Å². The van der Waals surface area contributed by atoms with E-state index >= 15 is 0 Å². The molecule has 2 heteroatoms. The van der Waals surface area contributed by atoms with Crippen LogP contribution in [-0.2, 0) is 4.79 Å². The van der Waals surface area contributed by atoms with Crippen molar-refractivity contribution in [2.45, 2.75) is 26.6 Å². The van der Waals surface area contributed by atoms with Gasteiger partial charge in [-0.2, -0.15) is 0 Å². The predicted octanol–water partition coefficient (Wildman–Crippen LogP) is 5.66. The Balaban J connectivity index is 2.14. The quantitative estimate of drug-likeness (QED) is 0.399. The maximum Gasteiger partial charge on any atom is 0.146 e. The van der Waals surface area contributed by atoms with Crippen molar-refractivity contribution < 1.29 is 4.79 Å². The van der Waals surface area contributed by atoms with Crippen LogP contribution in [0.4, 0.5) is 0 Å². The minimum absolute atomic E-state index is 0.859. The Morgan fingerprint density at radius 3 is 1.92 bits per heavy atom. The van der Waals surface area contributed by atoms with E-state index < -0.39 is 8.07 Å². The number of carbonyl (C=O) groups excluding carboxylic acids is 1. The van der Waals surface area contributed by atoms with E-state index in [4.69, 9.17) is 0 Å². The highest BCUT2D eigenvalue weighted by atomic mass is 28.3. The molecule has 0 aliphatic heterocycles. The zero-order valence-corrected chi connectivity index (χ0v) is 16.2. The number of aldehydes is 1. The summed E-state index contributed by atoms with van der Waals surface area (Å²) in [6.07, 6.45) is 1.02. The molecule has 0 amide bonds. The highest BCUT2D eigenvalue weighted by Crippen LogP contribution is 2.59. The molecule has 0 fully saturated rings. The molecular weight excluding hydrogens is 320 g/mol. The summed E-state index contributed by atoms with van der Waals surface area (Å²) in [5.41, 5.74) is 9.88. The van der Waals surface area contributed by atoms with Gasteiger partial charge in [0.05, 0.1) is 8.07 Å². The Kier molecular flexibility index (Phi) is 3.55. The normalized spacial score (nSPS) is 17.9. The second kappa shape index (κ2) is 5.53. The summed E-state index contributed by atoms with van der Waals surface area (Å²) >= 11 is 0. The van der Waals surface area contributed by atoms with Gasteiger partial charge in [-0.25, -0.2) is 0 Å². The zero-order chi connectivity index (χ0) is 17.8. The predicted molar refractivity (Wildman–Crippen MR) is 108 cm³/mol. The molecule has 124 valence electrons. The molecule has 2 aliphatic carbocycles. The van der Waals surface area contributed by atoms with E-state index in [-0.39, 0.29) is 0 Å². The summed E-state index contributed by atoms with van der Waals surface area (Å²) in [4.78, 5) is 11.6. The van der Waals surface area contributed by atoms with Gasteiger partial charge >= 0.3 is 0 Å². The van der Waals surface area contributed by atoms with Gasteiger partial charge in [-0.1, -0.05) is 74.2 Å². The topological polar surface area (TPSA) is 17.1 Å². The van der Waals surface area contributed by atoms with Gasteiger partial charge in [0.1, 0.15) is 6.29 Å². The molecular formula is C23H22OSi. The second-order valence-electron chi connectivity index (χ2n) is 7.84. The van der Waals surface area contributed by atoms with Crippen LogP contribution in [0.5, 0.6) is 0 Å². The molecule has 0 saturated carbocycles. The van der Waals surface area contributed by atoms with Crippen LogP contribution in [-0.4, -0.2) is 14.4 Å². The summed E-state index contributed by atoms with van der Waals surface area (Å²) < 4.78 is 0. The molecule has 0 spiro atoms. The van der Waals surface area contributed by atoms with Crippen molar-refractivity contribution in [1.29, 1.82) is 0 Å². The number of allylic oxidation sites excluding steroid dienone is 5. The van der Waals surface area contributed by atoms with Crippen molar-refractivity contribution in [3.05, 3.63) is 93.2 Å². The first kappa shape index (κ1) is 16.0. The summed E-state index contributed by atoms with van der Waals surface area (Å²) in [5, 5.41) is 1.45. The largest absolute Gasteiger partial charge is 0.298 e. The molecule has 0 heterocycles. The standard InChI is InChI=1S/C23H22OSi/c1-15(14-24)19-22-20(16-10-6-5-7-11-16)17-12-8-9-13-18(17)21(22)23(19)25(2,3)4/h5-14H,1-4H3/b19-15+. The lowest BCUT2D eigenvalue weighted by molar-refractivity contribution is -0.104. The highest BCUT2D eigenvalue weighted by Gasteiger charge is 2.44. The summed E-state index contributed by atoms with van der Waals surface area (Å²) in [6, 6.07) is 19.2. The first-order chi connectivity index (χ1) is 11.9. The minimum atomic E-state index is -1.57. The Morgan fingerprint density at radius 1 is 0.800 bits per heavy atom. The molecule has 0 radical (unpaired) electrons. The SMILES string of the molecule is C/C(C=O)=C1/C2=C(c3ccccc3)c3ccccc3C2=C1[Si](C)(C)C. The molecule has 0 unspecified atom stereocenters. The molecule has 2 aromatic carbocycles. The maximum atomic E-state index is 11.6. The maximum absolute atomic E-state index is 11.6. The van der Waals surface area contributed by atoms with Crippen molar-refractivity contribution in [2.75, 3.05) is 0 Å². The van der Waals surface area contributed by atoms with Crippen molar-refractivity contribution >= 4 is 25.5 Å². The highest BCUT2D eigenvalue weighted by molar-refractivity contribution is 6.86. The molecule has 1 nitrogen and oxygen atoms in total. The van der Waals surface area contributed by atoms with Gasteiger partial charge in [0.2, 0.25) is 0 Å². The van der Waals surface area contributed by atoms with E-state index in [9.17, 15) is 4.79 Å². The molecule has 2 aliphatic rings. The third kappa shape index (κ3) is 2.25. The van der Waals surface area contributed by atoms with E-state index in [0.29, 0.717) is 0 Å². The van der Waals surface area contributed by atoms with Crippen molar-refractivity contribution in [2.24, 2.45) is 0 Å². The van der Waals surface area contributed by atoms with E-state index in [2.05, 4.69) is 68.2 Å². The van der Waals surface area contributed by atoms with Crippen LogP contribution in [0.3, 0.4) is 0 Å². The van der Waals surface area contributed by atoms with E-state index in [1.165, 1.54) is 44.2 Å². The lowest BCUT2D eigenvalue weighted by Gasteiger charge is -2.37. The van der Waals surface area contributed by atoms with Crippen molar-refractivity contribution in [3.63, 3.8) is 0 Å². The lowest BCUT2D eigenvalue weighted by atomic mass is 9.80. The zero-order valence-electron chi connectivity index (χ0n) is 15.2. The Morgan fingerprint density at radius 2 is 1.36 bits per heavy atom. The molecule has 25 heavy (non-hydrogen) atoms.